The van der Waals surface area contributed by atoms with Crippen molar-refractivity contribution in [2.75, 3.05) is 20.3 Å². The zero-order valence-electron chi connectivity index (χ0n) is 10.8. The van der Waals surface area contributed by atoms with Crippen molar-refractivity contribution in [3.63, 3.8) is 0 Å². The number of aliphatic hydroxyl groups is 1. The number of nitrogens with two attached hydrogens (primary N) is 1. The average Bonchev–Trinajstić information content (AvgIpc) is 2.36. The van der Waals surface area contributed by atoms with Crippen LogP contribution in [0.1, 0.15) is 19.3 Å². The van der Waals surface area contributed by atoms with Crippen molar-refractivity contribution >= 4 is 18.0 Å². The second-order valence-electron chi connectivity index (χ2n) is 3.23. The molecule has 0 aliphatic rings. The SMILES string of the molecule is COC(N)=O.O=C(O)CCC/C=C/C(=O)NCCO. The van der Waals surface area contributed by atoms with E-state index in [9.17, 15) is 14.4 Å². The number of allylic oxidation sites excluding steroid dienone is 1. The number of carboxylic acid groups (broad SMARTS) is 1. The summed E-state index contributed by atoms with van der Waals surface area (Å²) < 4.78 is 3.89. The lowest BCUT2D eigenvalue weighted by Gasteiger charge is -1.96. The number of amides is 2. The molecular weight excluding hydrogens is 256 g/mol. The summed E-state index contributed by atoms with van der Waals surface area (Å²) >= 11 is 0. The van der Waals surface area contributed by atoms with Crippen LogP contribution in [-0.2, 0) is 14.3 Å². The molecule has 0 aliphatic carbocycles. The van der Waals surface area contributed by atoms with Gasteiger partial charge in [-0.05, 0) is 18.9 Å². The van der Waals surface area contributed by atoms with Gasteiger partial charge in [-0.2, -0.15) is 0 Å². The smallest absolute Gasteiger partial charge is 0.404 e. The van der Waals surface area contributed by atoms with Crippen LogP contribution in [0.2, 0.25) is 0 Å². The number of primary amides is 1. The second-order valence-corrected chi connectivity index (χ2v) is 3.23. The number of aliphatic carboxylic acids is 1. The molecule has 0 aromatic heterocycles. The summed E-state index contributed by atoms with van der Waals surface area (Å²) in [6, 6.07) is 0. The molecule has 0 saturated carbocycles. The maximum absolute atomic E-state index is 10.9. The van der Waals surface area contributed by atoms with E-state index in [0.717, 1.165) is 0 Å². The lowest BCUT2D eigenvalue weighted by Crippen LogP contribution is -2.24. The van der Waals surface area contributed by atoms with Crippen LogP contribution in [0.25, 0.3) is 0 Å². The van der Waals surface area contributed by atoms with Gasteiger partial charge in [-0.3, -0.25) is 9.59 Å². The molecule has 0 radical (unpaired) electrons. The summed E-state index contributed by atoms with van der Waals surface area (Å²) in [5, 5.41) is 19.1. The van der Waals surface area contributed by atoms with Gasteiger partial charge in [0.05, 0.1) is 13.7 Å². The summed E-state index contributed by atoms with van der Waals surface area (Å²) in [5.74, 6) is -1.10. The van der Waals surface area contributed by atoms with Crippen molar-refractivity contribution < 1.29 is 29.3 Å². The Kier molecular flexibility index (Phi) is 14.2. The molecule has 0 aromatic rings. The molecular formula is C11H20N2O6. The first-order chi connectivity index (χ1) is 8.93. The van der Waals surface area contributed by atoms with E-state index in [4.69, 9.17) is 10.2 Å². The average molecular weight is 276 g/mol. The number of rotatable bonds is 7. The van der Waals surface area contributed by atoms with Crippen LogP contribution in [0.15, 0.2) is 12.2 Å². The van der Waals surface area contributed by atoms with Crippen molar-refractivity contribution in [3.05, 3.63) is 12.2 Å². The molecule has 0 heterocycles. The first kappa shape index (κ1) is 19.3. The molecule has 0 bridgehead atoms. The fourth-order valence-electron chi connectivity index (χ4n) is 0.800. The van der Waals surface area contributed by atoms with Gasteiger partial charge in [0, 0.05) is 13.0 Å². The Hall–Kier alpha value is -2.09. The Bertz CT molecular complexity index is 304. The minimum Gasteiger partial charge on any atom is -0.481 e. The van der Waals surface area contributed by atoms with Gasteiger partial charge in [0.15, 0.2) is 0 Å². The molecule has 5 N–H and O–H groups in total. The molecule has 19 heavy (non-hydrogen) atoms. The van der Waals surface area contributed by atoms with E-state index in [-0.39, 0.29) is 25.5 Å². The number of carboxylic acids is 1. The van der Waals surface area contributed by atoms with Gasteiger partial charge in [0.2, 0.25) is 5.91 Å². The Morgan fingerprint density at radius 3 is 2.37 bits per heavy atom. The molecule has 0 saturated heterocycles. The predicted octanol–water partition coefficient (Wildman–Crippen LogP) is -0.382. The number of nitrogens with one attached hydrogen (secondary N) is 1. The van der Waals surface area contributed by atoms with E-state index in [2.05, 4.69) is 15.8 Å². The van der Waals surface area contributed by atoms with E-state index in [1.54, 1.807) is 6.08 Å². The van der Waals surface area contributed by atoms with Crippen molar-refractivity contribution in [3.8, 4) is 0 Å². The van der Waals surface area contributed by atoms with Gasteiger partial charge in [0.25, 0.3) is 0 Å². The number of carbonyl (C=O) groups is 3. The number of methoxy groups -OCH3 is 1. The Morgan fingerprint density at radius 2 is 1.95 bits per heavy atom. The summed E-state index contributed by atoms with van der Waals surface area (Å²) in [6.07, 6.45) is 3.43. The number of ether oxygens (including phenoxy) is 1. The number of unbranched alkanes of at least 4 members (excludes halogenated alkanes) is 1. The third-order valence-corrected chi connectivity index (χ3v) is 1.64. The highest BCUT2D eigenvalue weighted by atomic mass is 16.5. The zero-order chi connectivity index (χ0) is 15.1. The van der Waals surface area contributed by atoms with Gasteiger partial charge in [-0.15, -0.1) is 0 Å². The number of hydrogen-bond donors (Lipinski definition) is 4. The van der Waals surface area contributed by atoms with Gasteiger partial charge >= 0.3 is 12.1 Å². The molecule has 8 heteroatoms. The largest absolute Gasteiger partial charge is 0.481 e. The molecule has 0 spiro atoms. The number of carbonyl (C=O) groups excluding carboxylic acids is 2. The molecule has 110 valence electrons. The molecule has 0 rings (SSSR count). The summed E-state index contributed by atoms with van der Waals surface area (Å²) in [7, 11) is 1.22. The Balaban J connectivity index is 0. The molecule has 0 unspecified atom stereocenters. The van der Waals surface area contributed by atoms with Crippen molar-refractivity contribution in [2.24, 2.45) is 5.73 Å². The third kappa shape index (κ3) is 21.7. The van der Waals surface area contributed by atoms with Crippen LogP contribution in [0.3, 0.4) is 0 Å². The van der Waals surface area contributed by atoms with E-state index >= 15 is 0 Å². The zero-order valence-corrected chi connectivity index (χ0v) is 10.8. The van der Waals surface area contributed by atoms with E-state index in [0.29, 0.717) is 12.8 Å². The topological polar surface area (TPSA) is 139 Å². The monoisotopic (exact) mass is 276 g/mol. The Labute approximate surface area is 111 Å². The summed E-state index contributed by atoms with van der Waals surface area (Å²) in [4.78, 5) is 30.3. The van der Waals surface area contributed by atoms with E-state index < -0.39 is 12.1 Å². The second kappa shape index (κ2) is 14.0. The maximum Gasteiger partial charge on any atom is 0.404 e. The fourth-order valence-corrected chi connectivity index (χ4v) is 0.800. The molecule has 2 amide bonds. The normalized spacial score (nSPS) is 9.37. The Morgan fingerprint density at radius 1 is 1.37 bits per heavy atom. The van der Waals surface area contributed by atoms with Crippen LogP contribution < -0.4 is 11.1 Å². The molecule has 0 aromatic carbocycles. The minimum atomic E-state index is -0.830. The van der Waals surface area contributed by atoms with E-state index in [1.807, 2.05) is 0 Å². The van der Waals surface area contributed by atoms with Crippen molar-refractivity contribution in [1.82, 2.24) is 5.32 Å². The van der Waals surface area contributed by atoms with Crippen LogP contribution in [0.5, 0.6) is 0 Å². The first-order valence-corrected chi connectivity index (χ1v) is 5.54. The minimum absolute atomic E-state index is 0.0847. The number of aliphatic hydroxyl groups excluding tert-OH is 1. The van der Waals surface area contributed by atoms with Crippen LogP contribution in [0, 0.1) is 0 Å². The lowest BCUT2D eigenvalue weighted by atomic mass is 10.2. The van der Waals surface area contributed by atoms with E-state index in [1.165, 1.54) is 13.2 Å². The lowest BCUT2D eigenvalue weighted by molar-refractivity contribution is -0.137. The summed E-state index contributed by atoms with van der Waals surface area (Å²) in [5.41, 5.74) is 4.43. The highest BCUT2D eigenvalue weighted by molar-refractivity contribution is 5.87. The fraction of sp³-hybridized carbons (Fsp3) is 0.545. The van der Waals surface area contributed by atoms with Gasteiger partial charge in [0.1, 0.15) is 0 Å². The summed E-state index contributed by atoms with van der Waals surface area (Å²) in [6.45, 7) is 0.150. The molecule has 0 fully saturated rings. The van der Waals surface area contributed by atoms with Crippen LogP contribution in [-0.4, -0.2) is 48.4 Å². The van der Waals surface area contributed by atoms with Crippen molar-refractivity contribution in [2.45, 2.75) is 19.3 Å². The predicted molar refractivity (Wildman–Crippen MR) is 67.3 cm³/mol. The maximum atomic E-state index is 10.9. The van der Waals surface area contributed by atoms with Gasteiger partial charge in [-0.25, -0.2) is 4.79 Å². The molecule has 8 nitrogen and oxygen atoms in total. The quantitative estimate of drug-likeness (QED) is 0.369. The molecule has 0 aliphatic heterocycles. The highest BCUT2D eigenvalue weighted by Crippen LogP contribution is 1.95. The first-order valence-electron chi connectivity index (χ1n) is 5.54. The van der Waals surface area contributed by atoms with Crippen LogP contribution in [0.4, 0.5) is 4.79 Å². The van der Waals surface area contributed by atoms with Gasteiger partial charge < -0.3 is 26.0 Å². The number of hydrogen-bond acceptors (Lipinski definition) is 5. The van der Waals surface area contributed by atoms with Crippen molar-refractivity contribution in [1.29, 1.82) is 0 Å². The van der Waals surface area contributed by atoms with Crippen LogP contribution >= 0.6 is 0 Å². The standard InChI is InChI=1S/C9H15NO4.C2H5NO2/c11-7-6-10-8(12)4-2-1-3-5-9(13)14;1-5-2(3)4/h2,4,11H,1,3,5-7H2,(H,10,12)(H,13,14);1H3,(H2,3,4)/b4-2+;. The highest BCUT2D eigenvalue weighted by Gasteiger charge is 1.95. The molecule has 0 atom stereocenters. The third-order valence-electron chi connectivity index (χ3n) is 1.64. The van der Waals surface area contributed by atoms with Gasteiger partial charge in [-0.1, -0.05) is 6.08 Å².